The van der Waals surface area contributed by atoms with E-state index in [0.717, 1.165) is 0 Å². The summed E-state index contributed by atoms with van der Waals surface area (Å²) in [7, 11) is -2.14. The van der Waals surface area contributed by atoms with Crippen molar-refractivity contribution in [2.24, 2.45) is 0 Å². The third kappa shape index (κ3) is 3.43. The fourth-order valence-electron chi connectivity index (χ4n) is 2.72. The number of aliphatic hydroxyl groups is 1. The van der Waals surface area contributed by atoms with Crippen LogP contribution in [-0.4, -0.2) is 56.8 Å². The van der Waals surface area contributed by atoms with Gasteiger partial charge in [0.1, 0.15) is 11.4 Å². The van der Waals surface area contributed by atoms with E-state index in [1.54, 1.807) is 25.1 Å². The van der Waals surface area contributed by atoms with Gasteiger partial charge >= 0.3 is 0 Å². The van der Waals surface area contributed by atoms with E-state index in [9.17, 15) is 13.5 Å². The lowest BCUT2D eigenvalue weighted by Crippen LogP contribution is -2.39. The Morgan fingerprint density at radius 3 is 2.73 bits per heavy atom. The molecule has 0 aromatic heterocycles. The largest absolute Gasteiger partial charge is 0.494 e. The molecule has 0 radical (unpaired) electrons. The van der Waals surface area contributed by atoms with Crippen molar-refractivity contribution in [3.63, 3.8) is 0 Å². The molecule has 1 heterocycles. The summed E-state index contributed by atoms with van der Waals surface area (Å²) in [5.74, 6) is 0.649. The Balaban J connectivity index is 2.24. The van der Waals surface area contributed by atoms with Crippen LogP contribution in [0, 0.1) is 6.92 Å². The quantitative estimate of drug-likeness (QED) is 0.848. The topological polar surface area (TPSA) is 76.1 Å². The molecule has 2 rings (SSSR count). The molecule has 6 nitrogen and oxygen atoms in total. The number of methoxy groups -OCH3 is 1. The Kier molecular flexibility index (Phi) is 5.11. The average molecular weight is 329 g/mol. The molecule has 1 aliphatic heterocycles. The van der Waals surface area contributed by atoms with Crippen LogP contribution in [0.1, 0.15) is 18.9 Å². The first-order valence-corrected chi connectivity index (χ1v) is 8.71. The third-order valence-corrected chi connectivity index (χ3v) is 5.79. The molecule has 1 saturated heterocycles. The van der Waals surface area contributed by atoms with Gasteiger partial charge in [-0.2, -0.15) is 4.31 Å². The number of β-amino-alcohol motifs (C(OH)–C–C–N with tert-alkyl or cyclic N) is 1. The molecule has 7 heteroatoms. The van der Waals surface area contributed by atoms with Crippen molar-refractivity contribution in [1.82, 2.24) is 4.31 Å². The van der Waals surface area contributed by atoms with E-state index in [0.29, 0.717) is 24.3 Å². The molecule has 0 amide bonds. The molecule has 0 aliphatic carbocycles. The second kappa shape index (κ2) is 6.54. The molecule has 1 N–H and O–H groups in total. The van der Waals surface area contributed by atoms with Crippen molar-refractivity contribution in [1.29, 1.82) is 0 Å². The van der Waals surface area contributed by atoms with Crippen LogP contribution in [0.25, 0.3) is 0 Å². The van der Waals surface area contributed by atoms with Gasteiger partial charge in [-0.15, -0.1) is 0 Å². The summed E-state index contributed by atoms with van der Waals surface area (Å²) >= 11 is 0. The molecular formula is C15H23NO5S. The average Bonchev–Trinajstić information content (AvgIpc) is 2.82. The number of aryl methyl sites for hydroxylation is 1. The zero-order chi connectivity index (χ0) is 16.4. The number of nitrogens with zero attached hydrogens (tertiary/aromatic N) is 1. The van der Waals surface area contributed by atoms with E-state index in [4.69, 9.17) is 9.47 Å². The SMILES string of the molecule is CCOc1ccc(S(=O)(=O)N2CCC(O)(COC)C2)c(C)c1. The summed E-state index contributed by atoms with van der Waals surface area (Å²) in [4.78, 5) is 0.248. The number of hydrogen-bond donors (Lipinski definition) is 1. The minimum Gasteiger partial charge on any atom is -0.494 e. The molecule has 1 unspecified atom stereocenters. The highest BCUT2D eigenvalue weighted by Gasteiger charge is 2.42. The molecule has 1 fully saturated rings. The maximum atomic E-state index is 12.7. The van der Waals surface area contributed by atoms with Gasteiger partial charge in [-0.05, 0) is 44.0 Å². The second-order valence-electron chi connectivity index (χ2n) is 5.61. The molecule has 0 bridgehead atoms. The molecule has 1 aromatic carbocycles. The predicted molar refractivity (Wildman–Crippen MR) is 82.5 cm³/mol. The highest BCUT2D eigenvalue weighted by atomic mass is 32.2. The van der Waals surface area contributed by atoms with E-state index in [2.05, 4.69) is 0 Å². The summed E-state index contributed by atoms with van der Waals surface area (Å²) in [6.07, 6.45) is 0.371. The first kappa shape index (κ1) is 17.2. The van der Waals surface area contributed by atoms with E-state index in [1.165, 1.54) is 11.4 Å². The van der Waals surface area contributed by atoms with Crippen LogP contribution in [-0.2, 0) is 14.8 Å². The van der Waals surface area contributed by atoms with Gasteiger partial charge in [0.05, 0.1) is 18.1 Å². The van der Waals surface area contributed by atoms with Crippen LogP contribution in [0.3, 0.4) is 0 Å². The van der Waals surface area contributed by atoms with E-state index in [1.807, 2.05) is 6.92 Å². The normalized spacial score (nSPS) is 22.9. The van der Waals surface area contributed by atoms with Crippen LogP contribution < -0.4 is 4.74 Å². The van der Waals surface area contributed by atoms with Crippen molar-refractivity contribution < 1.29 is 23.0 Å². The van der Waals surface area contributed by atoms with Gasteiger partial charge in [-0.1, -0.05) is 0 Å². The summed E-state index contributed by atoms with van der Waals surface area (Å²) in [6, 6.07) is 4.93. The molecule has 1 aliphatic rings. The molecule has 0 spiro atoms. The fraction of sp³-hybridized carbons (Fsp3) is 0.600. The minimum atomic E-state index is -3.63. The van der Waals surface area contributed by atoms with Crippen LogP contribution in [0.4, 0.5) is 0 Å². The maximum absolute atomic E-state index is 12.7. The van der Waals surface area contributed by atoms with Crippen LogP contribution in [0.2, 0.25) is 0 Å². The van der Waals surface area contributed by atoms with Crippen LogP contribution in [0.15, 0.2) is 23.1 Å². The predicted octanol–water partition coefficient (Wildman–Crippen LogP) is 1.17. The van der Waals surface area contributed by atoms with Crippen LogP contribution >= 0.6 is 0 Å². The van der Waals surface area contributed by atoms with E-state index >= 15 is 0 Å². The van der Waals surface area contributed by atoms with Gasteiger partial charge in [0.25, 0.3) is 0 Å². The number of sulfonamides is 1. The zero-order valence-electron chi connectivity index (χ0n) is 13.2. The highest BCUT2D eigenvalue weighted by Crippen LogP contribution is 2.30. The molecule has 124 valence electrons. The molecular weight excluding hydrogens is 306 g/mol. The van der Waals surface area contributed by atoms with Crippen molar-refractivity contribution in [2.45, 2.75) is 30.8 Å². The van der Waals surface area contributed by atoms with Gasteiger partial charge in [0, 0.05) is 20.2 Å². The minimum absolute atomic E-state index is 0.0514. The maximum Gasteiger partial charge on any atom is 0.243 e. The Labute approximate surface area is 131 Å². The van der Waals surface area contributed by atoms with Gasteiger partial charge in [-0.25, -0.2) is 8.42 Å². The molecule has 22 heavy (non-hydrogen) atoms. The van der Waals surface area contributed by atoms with Gasteiger partial charge in [0.2, 0.25) is 10.0 Å². The first-order chi connectivity index (χ1) is 10.3. The second-order valence-corrected chi connectivity index (χ2v) is 7.51. The number of hydrogen-bond acceptors (Lipinski definition) is 5. The monoisotopic (exact) mass is 329 g/mol. The lowest BCUT2D eigenvalue weighted by Gasteiger charge is -2.23. The van der Waals surface area contributed by atoms with E-state index in [-0.39, 0.29) is 24.6 Å². The standard InChI is InChI=1S/C15H23NO5S/c1-4-21-13-5-6-14(12(2)9-13)22(18,19)16-8-7-15(17,10-16)11-20-3/h5-6,9,17H,4,7-8,10-11H2,1-3H3. The van der Waals surface area contributed by atoms with Crippen molar-refractivity contribution in [3.8, 4) is 5.75 Å². The Morgan fingerprint density at radius 1 is 1.41 bits per heavy atom. The number of rotatable bonds is 6. The molecule has 1 aromatic rings. The lowest BCUT2D eigenvalue weighted by atomic mass is 10.1. The Hall–Kier alpha value is -1.15. The zero-order valence-corrected chi connectivity index (χ0v) is 14.0. The fourth-order valence-corrected chi connectivity index (χ4v) is 4.44. The summed E-state index contributed by atoms with van der Waals surface area (Å²) in [6.45, 7) is 4.61. The summed E-state index contributed by atoms with van der Waals surface area (Å²) < 4.78 is 37.2. The smallest absolute Gasteiger partial charge is 0.243 e. The summed E-state index contributed by atoms with van der Waals surface area (Å²) in [5, 5.41) is 10.3. The summed E-state index contributed by atoms with van der Waals surface area (Å²) in [5.41, 5.74) is -0.478. The van der Waals surface area contributed by atoms with Crippen molar-refractivity contribution in [3.05, 3.63) is 23.8 Å². The van der Waals surface area contributed by atoms with Crippen molar-refractivity contribution >= 4 is 10.0 Å². The molecule has 1 atom stereocenters. The number of ether oxygens (including phenoxy) is 2. The van der Waals surface area contributed by atoms with Gasteiger partial charge in [-0.3, -0.25) is 0 Å². The third-order valence-electron chi connectivity index (χ3n) is 3.79. The lowest BCUT2D eigenvalue weighted by molar-refractivity contribution is -0.0187. The molecule has 0 saturated carbocycles. The Bertz CT molecular complexity index is 631. The number of benzene rings is 1. The van der Waals surface area contributed by atoms with Gasteiger partial charge in [0.15, 0.2) is 0 Å². The highest BCUT2D eigenvalue weighted by molar-refractivity contribution is 7.89. The van der Waals surface area contributed by atoms with Crippen LogP contribution in [0.5, 0.6) is 5.75 Å². The van der Waals surface area contributed by atoms with Crippen molar-refractivity contribution in [2.75, 3.05) is 33.4 Å². The van der Waals surface area contributed by atoms with E-state index < -0.39 is 15.6 Å². The van der Waals surface area contributed by atoms with Gasteiger partial charge < -0.3 is 14.6 Å². The first-order valence-electron chi connectivity index (χ1n) is 7.27. The Morgan fingerprint density at radius 2 is 2.14 bits per heavy atom.